The Hall–Kier alpha value is -6.29. The molecule has 1 aliphatic rings. The van der Waals surface area contributed by atoms with Crippen molar-refractivity contribution in [3.8, 4) is 6.07 Å². The molecule has 0 spiro atoms. The van der Waals surface area contributed by atoms with Crippen molar-refractivity contribution < 1.29 is 38.3 Å². The number of nitro groups is 1. The molecular formula is C31H24N4O9. The topological polar surface area (TPSA) is 192 Å². The first-order chi connectivity index (χ1) is 21.1. The number of nitriles is 1. The van der Waals surface area contributed by atoms with Gasteiger partial charge in [-0.05, 0) is 23.8 Å². The van der Waals surface area contributed by atoms with E-state index in [1.807, 2.05) is 6.07 Å². The van der Waals surface area contributed by atoms with E-state index in [0.717, 1.165) is 25.2 Å². The number of non-ortho nitro benzene ring substituents is 1. The Morgan fingerprint density at radius 3 is 2.20 bits per heavy atom. The summed E-state index contributed by atoms with van der Waals surface area (Å²) in [5.74, 6) is -4.79. The van der Waals surface area contributed by atoms with Gasteiger partial charge in [0, 0.05) is 23.4 Å². The Bertz CT molecular complexity index is 1770. The van der Waals surface area contributed by atoms with Crippen molar-refractivity contribution >= 4 is 35.1 Å². The quantitative estimate of drug-likeness (QED) is 0.124. The van der Waals surface area contributed by atoms with E-state index >= 15 is 0 Å². The van der Waals surface area contributed by atoms with Crippen LogP contribution in [0.15, 0.2) is 102 Å². The lowest BCUT2D eigenvalue weighted by atomic mass is 9.81. The lowest BCUT2D eigenvalue weighted by molar-refractivity contribution is -0.384. The van der Waals surface area contributed by atoms with Gasteiger partial charge < -0.3 is 19.9 Å². The number of hydrogen-bond donors (Lipinski definition) is 1. The number of ether oxygens (including phenoxy) is 3. The molecule has 0 radical (unpaired) electrons. The van der Waals surface area contributed by atoms with E-state index in [-0.39, 0.29) is 45.2 Å². The molecule has 4 rings (SSSR count). The molecule has 3 aromatic rings. The molecule has 2 N–H and O–H groups in total. The van der Waals surface area contributed by atoms with E-state index in [1.165, 1.54) is 42.5 Å². The second-order valence-corrected chi connectivity index (χ2v) is 9.19. The number of allylic oxidation sites excluding steroid dienone is 1. The zero-order valence-electron chi connectivity index (χ0n) is 23.4. The monoisotopic (exact) mass is 596 g/mol. The second-order valence-electron chi connectivity index (χ2n) is 9.19. The molecule has 0 aliphatic carbocycles. The molecule has 0 aromatic heterocycles. The Balaban J connectivity index is 1.74. The molecule has 222 valence electrons. The van der Waals surface area contributed by atoms with Crippen molar-refractivity contribution in [1.29, 1.82) is 5.26 Å². The van der Waals surface area contributed by atoms with Crippen molar-refractivity contribution in [2.45, 2.75) is 5.92 Å². The van der Waals surface area contributed by atoms with Crippen LogP contribution in [0.1, 0.15) is 32.2 Å². The Labute approximate surface area is 250 Å². The van der Waals surface area contributed by atoms with Gasteiger partial charge in [-0.2, -0.15) is 5.26 Å². The predicted octanol–water partition coefficient (Wildman–Crippen LogP) is 3.53. The third-order valence-electron chi connectivity index (χ3n) is 6.66. The highest BCUT2D eigenvalue weighted by molar-refractivity contribution is 6.06. The van der Waals surface area contributed by atoms with E-state index in [2.05, 4.69) is 0 Å². The number of anilines is 1. The highest BCUT2D eigenvalue weighted by atomic mass is 16.6. The number of Topliss-reactive ketones (excluding diaryl/α,β-unsaturated/α-hetero) is 1. The maximum Gasteiger partial charge on any atom is 0.355 e. The molecule has 3 aromatic carbocycles. The number of esters is 3. The van der Waals surface area contributed by atoms with Crippen LogP contribution in [-0.4, -0.2) is 49.4 Å². The van der Waals surface area contributed by atoms with Gasteiger partial charge >= 0.3 is 17.9 Å². The number of nitrogens with zero attached hydrogens (tertiary/aromatic N) is 3. The van der Waals surface area contributed by atoms with Gasteiger partial charge in [-0.15, -0.1) is 0 Å². The fraction of sp³-hybridized carbons (Fsp3) is 0.129. The molecule has 1 heterocycles. The van der Waals surface area contributed by atoms with Crippen molar-refractivity contribution in [1.82, 2.24) is 0 Å². The van der Waals surface area contributed by atoms with E-state index in [4.69, 9.17) is 19.9 Å². The molecule has 1 aliphatic heterocycles. The number of rotatable bonds is 9. The fourth-order valence-corrected chi connectivity index (χ4v) is 4.64. The van der Waals surface area contributed by atoms with Crippen molar-refractivity contribution in [3.63, 3.8) is 0 Å². The highest BCUT2D eigenvalue weighted by Crippen LogP contribution is 2.43. The van der Waals surface area contributed by atoms with Crippen molar-refractivity contribution in [3.05, 3.63) is 128 Å². The standard InChI is InChI=1S/C31H24N4O9/c1-42-30(38)26-25(18-8-4-3-5-9-18)23(16-32)28(33)34(27(26)31(39)43-2)21-12-7-11-20(15-21)29(37)44-17-24(36)19-10-6-13-22(14-19)35(40)41/h3-15,25H,17,33H2,1-2H3. The first-order valence-corrected chi connectivity index (χ1v) is 12.8. The summed E-state index contributed by atoms with van der Waals surface area (Å²) in [6.07, 6.45) is 0. The number of nitro benzene ring substituents is 1. The Morgan fingerprint density at radius 2 is 1.57 bits per heavy atom. The van der Waals surface area contributed by atoms with Gasteiger partial charge in [0.2, 0.25) is 5.78 Å². The number of carbonyl (C=O) groups is 4. The van der Waals surface area contributed by atoms with Gasteiger partial charge in [0.05, 0.1) is 47.8 Å². The van der Waals surface area contributed by atoms with E-state index in [0.29, 0.717) is 5.56 Å². The van der Waals surface area contributed by atoms with Crippen LogP contribution in [0.5, 0.6) is 0 Å². The molecule has 13 heteroatoms. The van der Waals surface area contributed by atoms with Gasteiger partial charge in [-0.1, -0.05) is 48.5 Å². The zero-order chi connectivity index (χ0) is 32.0. The number of ketones is 1. The van der Waals surface area contributed by atoms with E-state index in [9.17, 15) is 34.6 Å². The van der Waals surface area contributed by atoms with Crippen LogP contribution < -0.4 is 10.6 Å². The third kappa shape index (κ3) is 6.00. The molecule has 0 bridgehead atoms. The molecular weight excluding hydrogens is 572 g/mol. The lowest BCUT2D eigenvalue weighted by Crippen LogP contribution is -2.40. The summed E-state index contributed by atoms with van der Waals surface area (Å²) in [7, 11) is 2.22. The number of methoxy groups -OCH3 is 2. The first kappa shape index (κ1) is 30.7. The zero-order valence-corrected chi connectivity index (χ0v) is 23.4. The van der Waals surface area contributed by atoms with Crippen molar-refractivity contribution in [2.24, 2.45) is 5.73 Å². The minimum Gasteiger partial charge on any atom is -0.466 e. The van der Waals surface area contributed by atoms with Crippen LogP contribution in [-0.2, 0) is 23.8 Å². The van der Waals surface area contributed by atoms with Gasteiger partial charge in [0.15, 0.2) is 6.61 Å². The summed E-state index contributed by atoms with van der Waals surface area (Å²) in [5, 5.41) is 21.2. The molecule has 0 saturated carbocycles. The molecule has 13 nitrogen and oxygen atoms in total. The average molecular weight is 597 g/mol. The van der Waals surface area contributed by atoms with Crippen LogP contribution in [0.3, 0.4) is 0 Å². The molecule has 44 heavy (non-hydrogen) atoms. The molecule has 0 saturated heterocycles. The van der Waals surface area contributed by atoms with E-state index < -0.39 is 41.1 Å². The lowest BCUT2D eigenvalue weighted by Gasteiger charge is -2.36. The molecule has 0 fully saturated rings. The number of hydrogen-bond acceptors (Lipinski definition) is 12. The summed E-state index contributed by atoms with van der Waals surface area (Å²) < 4.78 is 15.2. The maximum atomic E-state index is 13.2. The van der Waals surface area contributed by atoms with Crippen LogP contribution in [0, 0.1) is 21.4 Å². The molecule has 1 unspecified atom stereocenters. The predicted molar refractivity (Wildman–Crippen MR) is 154 cm³/mol. The fourth-order valence-electron chi connectivity index (χ4n) is 4.64. The van der Waals surface area contributed by atoms with Crippen LogP contribution in [0.4, 0.5) is 11.4 Å². The SMILES string of the molecule is COC(=O)C1=C(C(=O)OC)N(c2cccc(C(=O)OCC(=O)c3cccc([N+](=O)[O-])c3)c2)C(N)=C(C#N)C1c1ccccc1. The summed E-state index contributed by atoms with van der Waals surface area (Å²) in [4.78, 5) is 63.4. The van der Waals surface area contributed by atoms with Gasteiger partial charge in [-0.3, -0.25) is 19.8 Å². The first-order valence-electron chi connectivity index (χ1n) is 12.8. The molecule has 1 atom stereocenters. The molecule has 0 amide bonds. The van der Waals surface area contributed by atoms with Crippen LogP contribution in [0.25, 0.3) is 0 Å². The normalized spacial score (nSPS) is 14.4. The summed E-state index contributed by atoms with van der Waals surface area (Å²) in [6, 6.07) is 21.0. The number of benzene rings is 3. The number of carbonyl (C=O) groups excluding carboxylic acids is 4. The Morgan fingerprint density at radius 1 is 0.909 bits per heavy atom. The highest BCUT2D eigenvalue weighted by Gasteiger charge is 2.43. The Kier molecular flexibility index (Phi) is 9.15. The average Bonchev–Trinajstić information content (AvgIpc) is 3.06. The van der Waals surface area contributed by atoms with Gasteiger partial charge in [0.25, 0.3) is 5.69 Å². The van der Waals surface area contributed by atoms with E-state index in [1.54, 1.807) is 30.3 Å². The maximum absolute atomic E-state index is 13.2. The minimum atomic E-state index is -1.08. The van der Waals surface area contributed by atoms with Crippen molar-refractivity contribution in [2.75, 3.05) is 25.7 Å². The number of nitrogens with two attached hydrogens (primary N) is 1. The largest absolute Gasteiger partial charge is 0.466 e. The van der Waals surface area contributed by atoms with Crippen LogP contribution in [0.2, 0.25) is 0 Å². The second kappa shape index (κ2) is 13.1. The van der Waals surface area contributed by atoms with Gasteiger partial charge in [-0.25, -0.2) is 14.4 Å². The summed E-state index contributed by atoms with van der Waals surface area (Å²) >= 11 is 0. The summed E-state index contributed by atoms with van der Waals surface area (Å²) in [6.45, 7) is -0.715. The third-order valence-corrected chi connectivity index (χ3v) is 6.66. The smallest absolute Gasteiger partial charge is 0.355 e. The van der Waals surface area contributed by atoms with Gasteiger partial charge in [0.1, 0.15) is 11.5 Å². The minimum absolute atomic E-state index is 0.0211. The van der Waals surface area contributed by atoms with Crippen LogP contribution >= 0.6 is 0 Å². The summed E-state index contributed by atoms with van der Waals surface area (Å²) in [5.41, 5.74) is 6.04.